The Bertz CT molecular complexity index is 797. The monoisotopic (exact) mass is 374 g/mol. The molecule has 2 aromatic rings. The molecule has 0 unspecified atom stereocenters. The van der Waals surface area contributed by atoms with Crippen LogP contribution in [-0.2, 0) is 0 Å². The first-order valence-corrected chi connectivity index (χ1v) is 10.6. The molecule has 27 heavy (non-hydrogen) atoms. The van der Waals surface area contributed by atoms with E-state index in [9.17, 15) is 13.2 Å². The highest BCUT2D eigenvalue weighted by molar-refractivity contribution is 5.84. The molecule has 0 bridgehead atoms. The molecule has 146 valence electrons. The number of halogens is 3. The van der Waals surface area contributed by atoms with Gasteiger partial charge in [-0.25, -0.2) is 13.2 Å². The van der Waals surface area contributed by atoms with Crippen LogP contribution in [0, 0.1) is 35.2 Å². The fourth-order valence-electron chi connectivity index (χ4n) is 5.60. The van der Waals surface area contributed by atoms with Gasteiger partial charge in [0.1, 0.15) is 5.82 Å². The van der Waals surface area contributed by atoms with E-state index in [-0.39, 0.29) is 5.39 Å². The molecule has 0 saturated heterocycles. The van der Waals surface area contributed by atoms with Crippen LogP contribution in [0.3, 0.4) is 0 Å². The lowest BCUT2D eigenvalue weighted by molar-refractivity contribution is 0.158. The first kappa shape index (κ1) is 18.8. The standard InChI is InChI=1S/C24H29F3/c1-2-15-3-5-16(6-4-15)17-7-9-18(10-8-17)20-13-19-11-12-21(25)24(27)23(19)22(26)14-20/h11-18H,2-10H2,1H3. The Hall–Kier alpha value is -1.51. The van der Waals surface area contributed by atoms with Crippen molar-refractivity contribution in [3.63, 3.8) is 0 Å². The van der Waals surface area contributed by atoms with Crippen molar-refractivity contribution in [2.24, 2.45) is 17.8 Å². The summed E-state index contributed by atoms with van der Waals surface area (Å²) in [4.78, 5) is 0. The summed E-state index contributed by atoms with van der Waals surface area (Å²) in [5, 5.41) is 0.240. The molecule has 0 N–H and O–H groups in total. The van der Waals surface area contributed by atoms with Gasteiger partial charge in [0.05, 0.1) is 5.39 Å². The number of hydrogen-bond acceptors (Lipinski definition) is 0. The second-order valence-electron chi connectivity index (χ2n) is 8.76. The number of rotatable bonds is 3. The fourth-order valence-corrected chi connectivity index (χ4v) is 5.60. The molecule has 2 aliphatic carbocycles. The van der Waals surface area contributed by atoms with E-state index >= 15 is 0 Å². The van der Waals surface area contributed by atoms with E-state index in [1.54, 1.807) is 0 Å². The first-order valence-electron chi connectivity index (χ1n) is 10.6. The van der Waals surface area contributed by atoms with Gasteiger partial charge in [-0.1, -0.05) is 38.3 Å². The molecule has 0 spiro atoms. The predicted octanol–water partition coefficient (Wildman–Crippen LogP) is 7.75. The molecule has 2 aliphatic rings. The molecule has 0 aromatic heterocycles. The van der Waals surface area contributed by atoms with E-state index in [2.05, 4.69) is 6.92 Å². The van der Waals surface area contributed by atoms with E-state index in [0.717, 1.165) is 42.2 Å². The van der Waals surface area contributed by atoms with Crippen LogP contribution < -0.4 is 0 Å². The molecular weight excluding hydrogens is 345 g/mol. The maximum atomic E-state index is 14.5. The lowest BCUT2D eigenvalue weighted by Crippen LogP contribution is -2.25. The summed E-state index contributed by atoms with van der Waals surface area (Å²) < 4.78 is 41.8. The highest BCUT2D eigenvalue weighted by Gasteiger charge is 2.31. The molecule has 0 heterocycles. The predicted molar refractivity (Wildman–Crippen MR) is 104 cm³/mol. The van der Waals surface area contributed by atoms with E-state index in [4.69, 9.17) is 0 Å². The minimum atomic E-state index is -1.08. The van der Waals surface area contributed by atoms with Crippen molar-refractivity contribution >= 4 is 10.8 Å². The second kappa shape index (κ2) is 7.85. The highest BCUT2D eigenvalue weighted by Crippen LogP contribution is 2.44. The Labute approximate surface area is 160 Å². The molecule has 2 fully saturated rings. The molecule has 0 aliphatic heterocycles. The van der Waals surface area contributed by atoms with Crippen molar-refractivity contribution < 1.29 is 13.2 Å². The molecule has 4 rings (SSSR count). The van der Waals surface area contributed by atoms with Crippen molar-refractivity contribution in [2.45, 2.75) is 70.6 Å². The minimum absolute atomic E-state index is 0.222. The maximum absolute atomic E-state index is 14.5. The molecule has 2 saturated carbocycles. The number of hydrogen-bond donors (Lipinski definition) is 0. The Morgan fingerprint density at radius 1 is 0.778 bits per heavy atom. The van der Waals surface area contributed by atoms with Gasteiger partial charge in [-0.05, 0) is 85.3 Å². The van der Waals surface area contributed by atoms with Gasteiger partial charge in [0.25, 0.3) is 0 Å². The van der Waals surface area contributed by atoms with Crippen LogP contribution in [0.15, 0.2) is 24.3 Å². The summed E-state index contributed by atoms with van der Waals surface area (Å²) in [5.41, 5.74) is 0.944. The Kier molecular flexibility index (Phi) is 5.48. The van der Waals surface area contributed by atoms with E-state index < -0.39 is 17.5 Å². The van der Waals surface area contributed by atoms with Crippen LogP contribution in [0.2, 0.25) is 0 Å². The normalized spacial score (nSPS) is 29.2. The Morgan fingerprint density at radius 3 is 2.04 bits per heavy atom. The molecule has 0 atom stereocenters. The second-order valence-corrected chi connectivity index (χ2v) is 8.76. The van der Waals surface area contributed by atoms with Crippen molar-refractivity contribution in [3.8, 4) is 0 Å². The Balaban J connectivity index is 1.45. The topological polar surface area (TPSA) is 0 Å². The average Bonchev–Trinajstić information content (AvgIpc) is 2.70. The average molecular weight is 374 g/mol. The van der Waals surface area contributed by atoms with Gasteiger partial charge >= 0.3 is 0 Å². The van der Waals surface area contributed by atoms with Crippen LogP contribution in [0.4, 0.5) is 13.2 Å². The van der Waals surface area contributed by atoms with Gasteiger partial charge in [-0.3, -0.25) is 0 Å². The lowest BCUT2D eigenvalue weighted by Gasteiger charge is -2.38. The maximum Gasteiger partial charge on any atom is 0.169 e. The molecule has 0 amide bonds. The molecule has 3 heteroatoms. The summed E-state index contributed by atoms with van der Waals surface area (Å²) in [5.74, 6) is 0.244. The highest BCUT2D eigenvalue weighted by atomic mass is 19.2. The third kappa shape index (κ3) is 3.75. The molecule has 0 nitrogen and oxygen atoms in total. The third-order valence-electron chi connectivity index (χ3n) is 7.36. The molecular formula is C24H29F3. The summed E-state index contributed by atoms with van der Waals surface area (Å²) in [6.07, 6.45) is 11.4. The molecule has 2 aromatic carbocycles. The van der Waals surface area contributed by atoms with Gasteiger partial charge in [0, 0.05) is 0 Å². The summed E-state index contributed by atoms with van der Waals surface area (Å²) >= 11 is 0. The summed E-state index contributed by atoms with van der Waals surface area (Å²) in [6.45, 7) is 2.30. The van der Waals surface area contributed by atoms with Crippen LogP contribution in [0.25, 0.3) is 10.8 Å². The summed E-state index contributed by atoms with van der Waals surface area (Å²) in [7, 11) is 0. The van der Waals surface area contributed by atoms with Gasteiger partial charge in [0.15, 0.2) is 11.6 Å². The van der Waals surface area contributed by atoms with Gasteiger partial charge in [-0.2, -0.15) is 0 Å². The van der Waals surface area contributed by atoms with Crippen molar-refractivity contribution in [2.75, 3.05) is 0 Å². The van der Waals surface area contributed by atoms with E-state index in [1.807, 2.05) is 6.07 Å². The van der Waals surface area contributed by atoms with Gasteiger partial charge < -0.3 is 0 Å². The fraction of sp³-hybridized carbons (Fsp3) is 0.583. The molecule has 0 radical (unpaired) electrons. The van der Waals surface area contributed by atoms with Crippen LogP contribution in [0.5, 0.6) is 0 Å². The number of benzene rings is 2. The SMILES string of the molecule is CCC1CCC(C2CCC(c3cc(F)c4c(F)c(F)ccc4c3)CC2)CC1. The summed E-state index contributed by atoms with van der Waals surface area (Å²) in [6, 6.07) is 5.86. The zero-order valence-electron chi connectivity index (χ0n) is 16.1. The number of fused-ring (bicyclic) bond motifs is 1. The van der Waals surface area contributed by atoms with Crippen molar-refractivity contribution in [3.05, 3.63) is 47.3 Å². The van der Waals surface area contributed by atoms with Crippen LogP contribution in [-0.4, -0.2) is 0 Å². The van der Waals surface area contributed by atoms with Crippen molar-refractivity contribution in [1.29, 1.82) is 0 Å². The van der Waals surface area contributed by atoms with Gasteiger partial charge in [0.2, 0.25) is 0 Å². The Morgan fingerprint density at radius 2 is 1.41 bits per heavy atom. The first-order chi connectivity index (χ1) is 13.1. The largest absolute Gasteiger partial charge is 0.206 e. The van der Waals surface area contributed by atoms with Gasteiger partial charge in [-0.15, -0.1) is 0 Å². The lowest BCUT2D eigenvalue weighted by atomic mass is 9.68. The van der Waals surface area contributed by atoms with E-state index in [1.165, 1.54) is 57.1 Å². The van der Waals surface area contributed by atoms with Crippen LogP contribution in [0.1, 0.15) is 76.2 Å². The van der Waals surface area contributed by atoms with Crippen LogP contribution >= 0.6 is 0 Å². The quantitative estimate of drug-likeness (QED) is 0.515. The smallest absolute Gasteiger partial charge is 0.169 e. The zero-order valence-corrected chi connectivity index (χ0v) is 16.1. The zero-order chi connectivity index (χ0) is 19.0. The van der Waals surface area contributed by atoms with Crippen molar-refractivity contribution in [1.82, 2.24) is 0 Å². The third-order valence-corrected chi connectivity index (χ3v) is 7.36. The minimum Gasteiger partial charge on any atom is -0.206 e. The van der Waals surface area contributed by atoms with E-state index in [0.29, 0.717) is 11.3 Å².